The molecule has 0 aromatic heterocycles. The molecule has 0 atom stereocenters. The predicted molar refractivity (Wildman–Crippen MR) is 76.6 cm³/mol. The zero-order chi connectivity index (χ0) is 14.5. The molecule has 114 valence electrons. The van der Waals surface area contributed by atoms with Crippen LogP contribution in [0.3, 0.4) is 0 Å². The molecule has 5 heteroatoms. The first-order valence-corrected chi connectivity index (χ1v) is 7.92. The molecule has 0 radical (unpaired) electrons. The Hall–Kier alpha value is -1.26. The summed E-state index contributed by atoms with van der Waals surface area (Å²) in [6, 6.07) is 0.434. The van der Waals surface area contributed by atoms with E-state index in [1.807, 2.05) is 4.90 Å². The van der Waals surface area contributed by atoms with Crippen LogP contribution < -0.4 is 0 Å². The molecule has 0 heterocycles. The number of carbonyl (C=O) groups excluding carboxylic acids is 1. The lowest BCUT2D eigenvalue weighted by atomic mass is 10.2. The fraction of sp³-hybridized carbons (Fsp3) is 0.867. The van der Waals surface area contributed by atoms with Crippen molar-refractivity contribution in [3.05, 3.63) is 0 Å². The standard InChI is InChI=1S/C15H26N2O3/c1-2-3-10-16(13-8-9-13)15(20)17(11-14(18)19)12-6-4-5-7-12/h12-13H,2-11H2,1H3,(H,18,19). The number of urea groups is 1. The highest BCUT2D eigenvalue weighted by molar-refractivity contribution is 5.81. The molecular formula is C15H26N2O3. The molecule has 2 aliphatic carbocycles. The van der Waals surface area contributed by atoms with E-state index in [1.165, 1.54) is 0 Å². The van der Waals surface area contributed by atoms with E-state index in [0.29, 0.717) is 6.04 Å². The van der Waals surface area contributed by atoms with Gasteiger partial charge in [-0.15, -0.1) is 0 Å². The number of hydrogen-bond donors (Lipinski definition) is 1. The molecule has 0 aromatic carbocycles. The summed E-state index contributed by atoms with van der Waals surface area (Å²) in [7, 11) is 0. The summed E-state index contributed by atoms with van der Waals surface area (Å²) in [5, 5.41) is 9.09. The molecule has 2 amide bonds. The van der Waals surface area contributed by atoms with Crippen molar-refractivity contribution in [3.8, 4) is 0 Å². The number of rotatable bonds is 7. The number of carbonyl (C=O) groups is 2. The Morgan fingerprint density at radius 3 is 2.15 bits per heavy atom. The molecule has 0 spiro atoms. The van der Waals surface area contributed by atoms with Crippen molar-refractivity contribution < 1.29 is 14.7 Å². The molecular weight excluding hydrogens is 256 g/mol. The first-order chi connectivity index (χ1) is 9.63. The van der Waals surface area contributed by atoms with E-state index in [0.717, 1.165) is 57.9 Å². The number of amides is 2. The van der Waals surface area contributed by atoms with Gasteiger partial charge in [0.1, 0.15) is 6.54 Å². The molecule has 1 N–H and O–H groups in total. The molecule has 0 unspecified atom stereocenters. The zero-order valence-electron chi connectivity index (χ0n) is 12.4. The number of nitrogens with zero attached hydrogens (tertiary/aromatic N) is 2. The van der Waals surface area contributed by atoms with Crippen LogP contribution in [0.25, 0.3) is 0 Å². The number of carboxylic acid groups (broad SMARTS) is 1. The maximum absolute atomic E-state index is 12.7. The minimum absolute atomic E-state index is 0.0461. The average molecular weight is 282 g/mol. The van der Waals surface area contributed by atoms with Crippen LogP contribution in [0.2, 0.25) is 0 Å². The van der Waals surface area contributed by atoms with Gasteiger partial charge in [0.05, 0.1) is 0 Å². The van der Waals surface area contributed by atoms with Gasteiger partial charge in [0.2, 0.25) is 0 Å². The van der Waals surface area contributed by atoms with Gasteiger partial charge in [-0.2, -0.15) is 0 Å². The SMILES string of the molecule is CCCCN(C(=O)N(CC(=O)O)C1CCCC1)C1CC1. The van der Waals surface area contributed by atoms with Gasteiger partial charge >= 0.3 is 12.0 Å². The summed E-state index contributed by atoms with van der Waals surface area (Å²) in [6.45, 7) is 2.73. The summed E-state index contributed by atoms with van der Waals surface area (Å²) in [5.74, 6) is -0.906. The summed E-state index contributed by atoms with van der Waals surface area (Å²) in [4.78, 5) is 27.4. The molecule has 0 aliphatic heterocycles. The molecule has 5 nitrogen and oxygen atoms in total. The molecule has 0 saturated heterocycles. The van der Waals surface area contributed by atoms with Gasteiger partial charge in [0, 0.05) is 18.6 Å². The van der Waals surface area contributed by atoms with Crippen LogP contribution in [0, 0.1) is 0 Å². The first kappa shape index (κ1) is 15.1. The molecule has 0 aromatic rings. The monoisotopic (exact) mass is 282 g/mol. The van der Waals surface area contributed by atoms with Crippen molar-refractivity contribution in [2.45, 2.75) is 70.4 Å². The van der Waals surface area contributed by atoms with E-state index < -0.39 is 5.97 Å². The lowest BCUT2D eigenvalue weighted by molar-refractivity contribution is -0.138. The van der Waals surface area contributed by atoms with Crippen molar-refractivity contribution in [2.24, 2.45) is 0 Å². The Labute approximate surface area is 120 Å². The van der Waals surface area contributed by atoms with Gasteiger partial charge < -0.3 is 14.9 Å². The van der Waals surface area contributed by atoms with Crippen molar-refractivity contribution in [1.82, 2.24) is 9.80 Å². The van der Waals surface area contributed by atoms with E-state index in [4.69, 9.17) is 5.11 Å². The van der Waals surface area contributed by atoms with Gasteiger partial charge in [0.15, 0.2) is 0 Å². The van der Waals surface area contributed by atoms with Gasteiger partial charge in [-0.25, -0.2) is 4.79 Å². The normalized spacial score (nSPS) is 19.1. The molecule has 2 rings (SSSR count). The van der Waals surface area contributed by atoms with Gasteiger partial charge in [0.25, 0.3) is 0 Å². The van der Waals surface area contributed by atoms with Crippen molar-refractivity contribution in [3.63, 3.8) is 0 Å². The van der Waals surface area contributed by atoms with Gasteiger partial charge in [-0.05, 0) is 32.1 Å². The smallest absolute Gasteiger partial charge is 0.323 e. The molecule has 2 aliphatic rings. The van der Waals surface area contributed by atoms with Crippen molar-refractivity contribution in [2.75, 3.05) is 13.1 Å². The quantitative estimate of drug-likeness (QED) is 0.781. The zero-order valence-corrected chi connectivity index (χ0v) is 12.4. The third-order valence-corrected chi connectivity index (χ3v) is 4.30. The molecule has 0 bridgehead atoms. The minimum atomic E-state index is -0.906. The summed E-state index contributed by atoms with van der Waals surface area (Å²) < 4.78 is 0. The Morgan fingerprint density at radius 1 is 1.05 bits per heavy atom. The van der Waals surface area contributed by atoms with Gasteiger partial charge in [-0.3, -0.25) is 4.79 Å². The van der Waals surface area contributed by atoms with E-state index in [9.17, 15) is 9.59 Å². The van der Waals surface area contributed by atoms with E-state index in [-0.39, 0.29) is 18.6 Å². The van der Waals surface area contributed by atoms with Crippen LogP contribution in [-0.4, -0.2) is 52.1 Å². The second-order valence-corrected chi connectivity index (χ2v) is 6.02. The van der Waals surface area contributed by atoms with Crippen LogP contribution in [0.5, 0.6) is 0 Å². The second-order valence-electron chi connectivity index (χ2n) is 6.02. The number of aliphatic carboxylic acids is 1. The van der Waals surface area contributed by atoms with E-state index in [1.54, 1.807) is 4.90 Å². The topological polar surface area (TPSA) is 60.9 Å². The highest BCUT2D eigenvalue weighted by Gasteiger charge is 2.37. The Bertz CT molecular complexity index is 349. The number of carboxylic acids is 1. The number of hydrogen-bond acceptors (Lipinski definition) is 2. The minimum Gasteiger partial charge on any atom is -0.480 e. The second kappa shape index (κ2) is 6.95. The predicted octanol–water partition coefficient (Wildman–Crippen LogP) is 2.70. The van der Waals surface area contributed by atoms with Crippen LogP contribution in [0.4, 0.5) is 4.79 Å². The van der Waals surface area contributed by atoms with Crippen LogP contribution >= 0.6 is 0 Å². The van der Waals surface area contributed by atoms with Crippen LogP contribution in [0.15, 0.2) is 0 Å². The van der Waals surface area contributed by atoms with Gasteiger partial charge in [-0.1, -0.05) is 26.2 Å². The average Bonchev–Trinajstić information content (AvgIpc) is 3.10. The fourth-order valence-corrected chi connectivity index (χ4v) is 3.03. The largest absolute Gasteiger partial charge is 0.480 e. The fourth-order valence-electron chi connectivity index (χ4n) is 3.03. The third-order valence-electron chi connectivity index (χ3n) is 4.30. The summed E-state index contributed by atoms with van der Waals surface area (Å²) >= 11 is 0. The highest BCUT2D eigenvalue weighted by atomic mass is 16.4. The Morgan fingerprint density at radius 2 is 1.65 bits per heavy atom. The third kappa shape index (κ3) is 3.87. The Balaban J connectivity index is 2.04. The number of unbranched alkanes of at least 4 members (excludes halogenated alkanes) is 1. The van der Waals surface area contributed by atoms with Crippen LogP contribution in [-0.2, 0) is 4.79 Å². The lowest BCUT2D eigenvalue weighted by Gasteiger charge is -2.33. The maximum atomic E-state index is 12.7. The van der Waals surface area contributed by atoms with Crippen molar-refractivity contribution in [1.29, 1.82) is 0 Å². The van der Waals surface area contributed by atoms with Crippen LogP contribution in [0.1, 0.15) is 58.3 Å². The van der Waals surface area contributed by atoms with E-state index in [2.05, 4.69) is 6.92 Å². The summed E-state index contributed by atoms with van der Waals surface area (Å²) in [5.41, 5.74) is 0. The van der Waals surface area contributed by atoms with Crippen molar-refractivity contribution >= 4 is 12.0 Å². The Kier molecular flexibility index (Phi) is 5.26. The summed E-state index contributed by atoms with van der Waals surface area (Å²) in [6.07, 6.45) is 8.30. The molecule has 2 fully saturated rings. The molecule has 20 heavy (non-hydrogen) atoms. The maximum Gasteiger partial charge on any atom is 0.323 e. The highest BCUT2D eigenvalue weighted by Crippen LogP contribution is 2.30. The molecule has 2 saturated carbocycles. The van der Waals surface area contributed by atoms with E-state index >= 15 is 0 Å². The lowest BCUT2D eigenvalue weighted by Crippen LogP contribution is -2.50. The first-order valence-electron chi connectivity index (χ1n) is 7.92.